The molecule has 2 aromatic carbocycles. The van der Waals surface area contributed by atoms with Gasteiger partial charge in [0.15, 0.2) is 0 Å². The van der Waals surface area contributed by atoms with Gasteiger partial charge >= 0.3 is 19.3 Å². The van der Waals surface area contributed by atoms with E-state index < -0.39 is 30.4 Å². The van der Waals surface area contributed by atoms with Crippen molar-refractivity contribution in [3.05, 3.63) is 47.5 Å². The van der Waals surface area contributed by atoms with Crippen molar-refractivity contribution in [3.63, 3.8) is 0 Å². The largest absolute Gasteiger partial charge is 0.458 e. The lowest BCUT2D eigenvalue weighted by atomic mass is 9.54. The fourth-order valence-electron chi connectivity index (χ4n) is 2.34. The lowest BCUT2D eigenvalue weighted by Crippen LogP contribution is -2.46. The van der Waals surface area contributed by atoms with E-state index in [2.05, 4.69) is 0 Å². The molecule has 0 saturated heterocycles. The molecule has 9 heteroatoms. The number of alkyl halides is 6. The second kappa shape index (κ2) is 4.92. The quantitative estimate of drug-likeness (QED) is 0.594. The molecule has 0 atom stereocenters. The molecule has 1 aliphatic rings. The molecule has 1 N–H and O–H groups in total. The molecule has 0 radical (unpaired) electrons. The van der Waals surface area contributed by atoms with Crippen LogP contribution in [0.25, 0.3) is 0 Å². The Labute approximate surface area is 126 Å². The maximum Gasteiger partial charge on any atom is 0.416 e. The lowest BCUT2D eigenvalue weighted by molar-refractivity contribution is -0.138. The average Bonchev–Trinajstić information content (AvgIpc) is 2.44. The number of ether oxygens (including phenoxy) is 1. The number of halogens is 6. The number of benzene rings is 2. The predicted molar refractivity (Wildman–Crippen MR) is 70.2 cm³/mol. The maximum atomic E-state index is 12.7. The minimum absolute atomic E-state index is 0.0604. The summed E-state index contributed by atoms with van der Waals surface area (Å²) in [5.41, 5.74) is -1.91. The molecule has 0 amide bonds. The Hall–Kier alpha value is -2.16. The van der Waals surface area contributed by atoms with Gasteiger partial charge in [-0.3, -0.25) is 0 Å². The van der Waals surface area contributed by atoms with Crippen molar-refractivity contribution >= 4 is 17.8 Å². The Morgan fingerprint density at radius 2 is 1.13 bits per heavy atom. The molecule has 0 aliphatic carbocycles. The first-order valence-electron chi connectivity index (χ1n) is 6.35. The van der Waals surface area contributed by atoms with E-state index in [1.807, 2.05) is 0 Å². The van der Waals surface area contributed by atoms with E-state index in [9.17, 15) is 31.4 Å². The topological polar surface area (TPSA) is 29.5 Å². The summed E-state index contributed by atoms with van der Waals surface area (Å²) in [7, 11) is 0. The summed E-state index contributed by atoms with van der Waals surface area (Å²) in [6.07, 6.45) is -9.26. The van der Waals surface area contributed by atoms with Gasteiger partial charge < -0.3 is 9.76 Å². The van der Waals surface area contributed by atoms with Crippen molar-refractivity contribution < 1.29 is 36.1 Å². The zero-order valence-corrected chi connectivity index (χ0v) is 11.2. The summed E-state index contributed by atoms with van der Waals surface area (Å²) in [6, 6.07) is 4.96. The smallest absolute Gasteiger partial charge is 0.416 e. The Kier molecular flexibility index (Phi) is 3.37. The van der Waals surface area contributed by atoms with Crippen LogP contribution in [-0.2, 0) is 12.4 Å². The van der Waals surface area contributed by atoms with Gasteiger partial charge in [0.1, 0.15) is 11.5 Å². The Balaban J connectivity index is 2.08. The second-order valence-electron chi connectivity index (χ2n) is 5.01. The first kappa shape index (κ1) is 15.7. The minimum Gasteiger partial charge on any atom is -0.458 e. The van der Waals surface area contributed by atoms with Gasteiger partial charge in [0.25, 0.3) is 0 Å². The van der Waals surface area contributed by atoms with Crippen LogP contribution >= 0.6 is 0 Å². The number of fused-ring (bicyclic) bond motifs is 2. The van der Waals surface area contributed by atoms with Crippen molar-refractivity contribution in [1.82, 2.24) is 0 Å². The van der Waals surface area contributed by atoms with Gasteiger partial charge in [0.05, 0.1) is 11.1 Å². The zero-order chi connectivity index (χ0) is 17.0. The Bertz CT molecular complexity index is 705. The number of hydrogen-bond acceptors (Lipinski definition) is 2. The van der Waals surface area contributed by atoms with Crippen molar-refractivity contribution in [1.29, 1.82) is 0 Å². The van der Waals surface area contributed by atoms with Crippen LogP contribution in [0, 0.1) is 0 Å². The van der Waals surface area contributed by atoms with Crippen LogP contribution in [0.3, 0.4) is 0 Å². The SMILES string of the molecule is OB1c2ccc(C(F)(F)F)cc2Oc2cc(C(F)(F)F)ccc21. The highest BCUT2D eigenvalue weighted by Gasteiger charge is 2.37. The molecule has 0 unspecified atom stereocenters. The zero-order valence-electron chi connectivity index (χ0n) is 11.2. The third-order valence-electron chi connectivity index (χ3n) is 3.49. The molecule has 0 aromatic heterocycles. The first-order valence-corrected chi connectivity index (χ1v) is 6.35. The molecule has 1 heterocycles. The van der Waals surface area contributed by atoms with Gasteiger partial charge in [0.2, 0.25) is 0 Å². The average molecular weight is 332 g/mol. The second-order valence-corrected chi connectivity index (χ2v) is 5.01. The molecule has 0 saturated carbocycles. The molecule has 0 spiro atoms. The molecule has 3 rings (SSSR count). The van der Waals surface area contributed by atoms with Gasteiger partial charge in [-0.15, -0.1) is 0 Å². The molecule has 0 fully saturated rings. The Morgan fingerprint density at radius 3 is 1.48 bits per heavy atom. The van der Waals surface area contributed by atoms with Crippen LogP contribution in [-0.4, -0.2) is 11.9 Å². The van der Waals surface area contributed by atoms with E-state index >= 15 is 0 Å². The van der Waals surface area contributed by atoms with Crippen LogP contribution in [0.1, 0.15) is 11.1 Å². The van der Waals surface area contributed by atoms with Crippen LogP contribution in [0.2, 0.25) is 0 Å². The molecule has 1 aliphatic heterocycles. The van der Waals surface area contributed by atoms with Gasteiger partial charge in [-0.2, -0.15) is 26.3 Å². The summed E-state index contributed by atoms with van der Waals surface area (Å²) in [6.45, 7) is -1.36. The molecular weight excluding hydrogens is 325 g/mol. The molecule has 120 valence electrons. The van der Waals surface area contributed by atoms with E-state index in [0.717, 1.165) is 24.3 Å². The summed E-state index contributed by atoms with van der Waals surface area (Å²) >= 11 is 0. The van der Waals surface area contributed by atoms with Crippen LogP contribution in [0.15, 0.2) is 36.4 Å². The first-order chi connectivity index (χ1) is 10.6. The third-order valence-corrected chi connectivity index (χ3v) is 3.49. The fourth-order valence-corrected chi connectivity index (χ4v) is 2.34. The van der Waals surface area contributed by atoms with Crippen LogP contribution in [0.4, 0.5) is 26.3 Å². The summed E-state index contributed by atoms with van der Waals surface area (Å²) in [5, 5.41) is 10.2. The van der Waals surface area contributed by atoms with E-state index in [1.165, 1.54) is 0 Å². The standard InChI is InChI=1S/C14H7BF6O2/c16-13(17,18)7-1-3-9-11(5-7)23-12-6-8(14(19,20)21)2-4-10(12)15(9)22/h1-6,22H. The molecular formula is C14H7BF6O2. The van der Waals surface area contributed by atoms with Crippen molar-refractivity contribution in [2.75, 3.05) is 0 Å². The normalized spacial score (nSPS) is 14.1. The highest BCUT2D eigenvalue weighted by Crippen LogP contribution is 2.35. The van der Waals surface area contributed by atoms with Gasteiger partial charge in [-0.1, -0.05) is 24.3 Å². The third kappa shape index (κ3) is 2.76. The highest BCUT2D eigenvalue weighted by atomic mass is 19.4. The van der Waals surface area contributed by atoms with Crippen molar-refractivity contribution in [2.24, 2.45) is 0 Å². The minimum atomic E-state index is -4.63. The summed E-state index contributed by atoms with van der Waals surface area (Å²) in [5.74, 6) is -0.640. The highest BCUT2D eigenvalue weighted by molar-refractivity contribution is 6.80. The molecule has 0 bridgehead atoms. The van der Waals surface area contributed by atoms with Crippen LogP contribution < -0.4 is 15.7 Å². The van der Waals surface area contributed by atoms with E-state index in [0.29, 0.717) is 12.1 Å². The Morgan fingerprint density at radius 1 is 0.739 bits per heavy atom. The molecule has 2 aromatic rings. The predicted octanol–water partition coefficient (Wildman–Crippen LogP) is 2.93. The fraction of sp³-hybridized carbons (Fsp3) is 0.143. The van der Waals surface area contributed by atoms with Crippen molar-refractivity contribution in [3.8, 4) is 11.5 Å². The van der Waals surface area contributed by atoms with Gasteiger partial charge in [-0.05, 0) is 23.1 Å². The van der Waals surface area contributed by atoms with E-state index in [1.54, 1.807) is 0 Å². The van der Waals surface area contributed by atoms with Gasteiger partial charge in [-0.25, -0.2) is 0 Å². The van der Waals surface area contributed by atoms with Gasteiger partial charge in [0, 0.05) is 0 Å². The monoisotopic (exact) mass is 332 g/mol. The lowest BCUT2D eigenvalue weighted by Gasteiger charge is -2.24. The number of rotatable bonds is 0. The number of hydrogen-bond donors (Lipinski definition) is 1. The van der Waals surface area contributed by atoms with Crippen molar-refractivity contribution in [2.45, 2.75) is 12.4 Å². The summed E-state index contributed by atoms with van der Waals surface area (Å²) < 4.78 is 81.4. The van der Waals surface area contributed by atoms with Crippen LogP contribution in [0.5, 0.6) is 11.5 Å². The van der Waals surface area contributed by atoms with E-state index in [4.69, 9.17) is 4.74 Å². The van der Waals surface area contributed by atoms with E-state index in [-0.39, 0.29) is 22.4 Å². The summed E-state index contributed by atoms with van der Waals surface area (Å²) in [4.78, 5) is 0. The molecule has 2 nitrogen and oxygen atoms in total. The molecule has 23 heavy (non-hydrogen) atoms. The maximum absolute atomic E-state index is 12.7.